The number of aliphatic hydroxyl groups is 2. The molecule has 0 spiro atoms. The van der Waals surface area contributed by atoms with Crippen LogP contribution >= 0.6 is 0 Å². The van der Waals surface area contributed by atoms with Crippen LogP contribution in [0.2, 0.25) is 0 Å². The first-order valence-electron chi connectivity index (χ1n) is 8.96. The highest BCUT2D eigenvalue weighted by atomic mass is 16.5. The third kappa shape index (κ3) is 5.13. The number of aryl methyl sites for hydroxylation is 1. The van der Waals surface area contributed by atoms with E-state index in [1.807, 2.05) is 6.07 Å². The first kappa shape index (κ1) is 20.4. The van der Waals surface area contributed by atoms with Crippen molar-refractivity contribution in [1.82, 2.24) is 5.32 Å². The van der Waals surface area contributed by atoms with E-state index in [0.29, 0.717) is 28.2 Å². The summed E-state index contributed by atoms with van der Waals surface area (Å²) in [6, 6.07) is 13.5. The molecule has 3 rings (SSSR count). The minimum Gasteiger partial charge on any atom is -0.484 e. The number of aliphatic hydroxyl groups excluding tert-OH is 2. The Balaban J connectivity index is 1.74. The Morgan fingerprint density at radius 1 is 1.17 bits per heavy atom. The number of ether oxygens (including phenoxy) is 2. The largest absolute Gasteiger partial charge is 0.484 e. The first-order chi connectivity index (χ1) is 14.0. The highest BCUT2D eigenvalue weighted by molar-refractivity contribution is 5.80. The van der Waals surface area contributed by atoms with Crippen molar-refractivity contribution in [2.45, 2.75) is 13.0 Å². The number of nitrogens with one attached hydrogen (secondary N) is 1. The molecule has 0 saturated carbocycles. The van der Waals surface area contributed by atoms with Crippen LogP contribution in [0.3, 0.4) is 0 Å². The number of fused-ring (bicyclic) bond motifs is 1. The standard InChI is InChI=1S/C21H21NO7/c1-13-21(29-15-5-3-2-4-6-15)20(26)17-8-7-16(9-18(17)28-13)27-12-19(25)22-10-14(24)11-23/h2-9,14,23-24H,10-12H2,1H3,(H,22,25)/t14-/m1/s1. The van der Waals surface area contributed by atoms with Gasteiger partial charge in [0, 0.05) is 12.6 Å². The van der Waals surface area contributed by atoms with Crippen LogP contribution in [0.1, 0.15) is 5.76 Å². The molecule has 1 heterocycles. The molecule has 3 aromatic rings. The zero-order valence-corrected chi connectivity index (χ0v) is 15.8. The second-order valence-corrected chi connectivity index (χ2v) is 6.32. The van der Waals surface area contributed by atoms with Gasteiger partial charge in [-0.2, -0.15) is 0 Å². The fraction of sp³-hybridized carbons (Fsp3) is 0.238. The Labute approximate surface area is 166 Å². The molecule has 0 fully saturated rings. The lowest BCUT2D eigenvalue weighted by molar-refractivity contribution is -0.123. The van der Waals surface area contributed by atoms with Crippen molar-refractivity contribution in [1.29, 1.82) is 0 Å². The molecule has 29 heavy (non-hydrogen) atoms. The van der Waals surface area contributed by atoms with Gasteiger partial charge in [0.2, 0.25) is 11.2 Å². The summed E-state index contributed by atoms with van der Waals surface area (Å²) in [5.74, 6) is 0.842. The maximum absolute atomic E-state index is 12.8. The number of carbonyl (C=O) groups is 1. The van der Waals surface area contributed by atoms with E-state index in [2.05, 4.69) is 5.32 Å². The molecule has 0 aliphatic heterocycles. The average Bonchev–Trinajstić information content (AvgIpc) is 2.74. The maximum Gasteiger partial charge on any atom is 0.258 e. The van der Waals surface area contributed by atoms with E-state index in [1.54, 1.807) is 43.3 Å². The molecule has 8 nitrogen and oxygen atoms in total. The van der Waals surface area contributed by atoms with E-state index in [1.165, 1.54) is 6.07 Å². The van der Waals surface area contributed by atoms with Crippen molar-refractivity contribution in [3.05, 3.63) is 64.5 Å². The lowest BCUT2D eigenvalue weighted by Crippen LogP contribution is -2.36. The molecule has 0 bridgehead atoms. The third-order valence-corrected chi connectivity index (χ3v) is 4.07. The molecular weight excluding hydrogens is 378 g/mol. The van der Waals surface area contributed by atoms with E-state index < -0.39 is 18.6 Å². The Kier molecular flexibility index (Phi) is 6.48. The lowest BCUT2D eigenvalue weighted by Gasteiger charge is -2.11. The Hall–Kier alpha value is -3.36. The van der Waals surface area contributed by atoms with E-state index in [0.717, 1.165) is 0 Å². The molecule has 0 aliphatic rings. The third-order valence-electron chi connectivity index (χ3n) is 4.07. The smallest absolute Gasteiger partial charge is 0.258 e. The summed E-state index contributed by atoms with van der Waals surface area (Å²) in [7, 11) is 0. The molecule has 1 atom stereocenters. The van der Waals surface area contributed by atoms with E-state index in [4.69, 9.17) is 19.0 Å². The topological polar surface area (TPSA) is 118 Å². The van der Waals surface area contributed by atoms with Gasteiger partial charge < -0.3 is 29.4 Å². The Morgan fingerprint density at radius 3 is 2.66 bits per heavy atom. The van der Waals surface area contributed by atoms with Gasteiger partial charge in [-0.25, -0.2) is 0 Å². The number of para-hydroxylation sites is 1. The lowest BCUT2D eigenvalue weighted by atomic mass is 10.2. The Bertz CT molecular complexity index is 1050. The predicted octanol–water partition coefficient (Wildman–Crippen LogP) is 1.74. The fourth-order valence-electron chi connectivity index (χ4n) is 2.58. The van der Waals surface area contributed by atoms with Crippen molar-refractivity contribution in [3.63, 3.8) is 0 Å². The van der Waals surface area contributed by atoms with E-state index in [9.17, 15) is 14.7 Å². The summed E-state index contributed by atoms with van der Waals surface area (Å²) in [6.45, 7) is 0.823. The van der Waals surface area contributed by atoms with Gasteiger partial charge in [0.1, 0.15) is 22.8 Å². The molecule has 1 amide bonds. The van der Waals surface area contributed by atoms with Gasteiger partial charge >= 0.3 is 0 Å². The van der Waals surface area contributed by atoms with Crippen LogP contribution in [0, 0.1) is 6.92 Å². The minimum atomic E-state index is -1.02. The van der Waals surface area contributed by atoms with Gasteiger partial charge in [-0.3, -0.25) is 9.59 Å². The van der Waals surface area contributed by atoms with Gasteiger partial charge in [-0.15, -0.1) is 0 Å². The number of rotatable bonds is 8. The van der Waals surface area contributed by atoms with Gasteiger partial charge in [0.25, 0.3) is 5.91 Å². The highest BCUT2D eigenvalue weighted by Gasteiger charge is 2.15. The summed E-state index contributed by atoms with van der Waals surface area (Å²) in [5.41, 5.74) is -0.00332. The summed E-state index contributed by atoms with van der Waals surface area (Å²) >= 11 is 0. The molecule has 8 heteroatoms. The van der Waals surface area contributed by atoms with Crippen LogP contribution in [0.25, 0.3) is 11.0 Å². The minimum absolute atomic E-state index is 0.0747. The molecule has 0 aliphatic carbocycles. The second-order valence-electron chi connectivity index (χ2n) is 6.32. The van der Waals surface area contributed by atoms with Crippen LogP contribution < -0.4 is 20.2 Å². The molecule has 0 radical (unpaired) electrons. The number of amides is 1. The highest BCUT2D eigenvalue weighted by Crippen LogP contribution is 2.27. The van der Waals surface area contributed by atoms with Gasteiger partial charge in [0.05, 0.1) is 18.1 Å². The summed E-state index contributed by atoms with van der Waals surface area (Å²) in [4.78, 5) is 24.5. The molecular formula is C21H21NO7. The molecule has 2 aromatic carbocycles. The van der Waals surface area contributed by atoms with Crippen LogP contribution in [0.15, 0.2) is 57.7 Å². The van der Waals surface area contributed by atoms with Crippen molar-refractivity contribution in [2.75, 3.05) is 19.8 Å². The van der Waals surface area contributed by atoms with Gasteiger partial charge in [-0.05, 0) is 31.2 Å². The van der Waals surface area contributed by atoms with Gasteiger partial charge in [-0.1, -0.05) is 18.2 Å². The Morgan fingerprint density at radius 2 is 1.93 bits per heavy atom. The summed E-state index contributed by atoms with van der Waals surface area (Å²) in [5, 5.41) is 20.7. The van der Waals surface area contributed by atoms with E-state index in [-0.39, 0.29) is 24.3 Å². The normalized spacial score (nSPS) is 11.8. The quantitative estimate of drug-likeness (QED) is 0.528. The molecule has 1 aromatic heterocycles. The average molecular weight is 399 g/mol. The summed E-state index contributed by atoms with van der Waals surface area (Å²) in [6.07, 6.45) is -1.02. The SMILES string of the molecule is Cc1oc2cc(OCC(=O)NC[C@@H](O)CO)ccc2c(=O)c1Oc1ccccc1. The molecule has 0 unspecified atom stereocenters. The number of hydrogen-bond acceptors (Lipinski definition) is 7. The van der Waals surface area contributed by atoms with Crippen molar-refractivity contribution in [2.24, 2.45) is 0 Å². The molecule has 0 saturated heterocycles. The van der Waals surface area contributed by atoms with Crippen molar-refractivity contribution >= 4 is 16.9 Å². The first-order valence-corrected chi connectivity index (χ1v) is 8.96. The maximum atomic E-state index is 12.8. The monoisotopic (exact) mass is 399 g/mol. The van der Waals surface area contributed by atoms with Crippen LogP contribution in [-0.4, -0.2) is 42.0 Å². The van der Waals surface area contributed by atoms with Crippen LogP contribution in [0.5, 0.6) is 17.2 Å². The van der Waals surface area contributed by atoms with Crippen LogP contribution in [0.4, 0.5) is 0 Å². The number of carbonyl (C=O) groups excluding carboxylic acids is 1. The van der Waals surface area contributed by atoms with E-state index >= 15 is 0 Å². The number of hydrogen-bond donors (Lipinski definition) is 3. The number of benzene rings is 2. The van der Waals surface area contributed by atoms with Gasteiger partial charge in [0.15, 0.2) is 6.61 Å². The predicted molar refractivity (Wildman–Crippen MR) is 105 cm³/mol. The fourth-order valence-corrected chi connectivity index (χ4v) is 2.58. The van der Waals surface area contributed by atoms with Crippen molar-refractivity contribution < 1.29 is 28.9 Å². The zero-order valence-electron chi connectivity index (χ0n) is 15.8. The summed E-state index contributed by atoms with van der Waals surface area (Å²) < 4.78 is 16.8. The zero-order chi connectivity index (χ0) is 20.8. The molecule has 3 N–H and O–H groups in total. The second kappa shape index (κ2) is 9.22. The van der Waals surface area contributed by atoms with Crippen LogP contribution in [-0.2, 0) is 4.79 Å². The van der Waals surface area contributed by atoms with Crippen molar-refractivity contribution in [3.8, 4) is 17.2 Å². The molecule has 152 valence electrons.